The summed E-state index contributed by atoms with van der Waals surface area (Å²) in [6.45, 7) is 2.79. The van der Waals surface area contributed by atoms with E-state index in [1.54, 1.807) is 7.11 Å². The molecule has 0 spiro atoms. The third-order valence-electron chi connectivity index (χ3n) is 4.33. The summed E-state index contributed by atoms with van der Waals surface area (Å²) in [6.07, 6.45) is 2.53. The van der Waals surface area contributed by atoms with E-state index in [1.165, 1.54) is 15.6 Å². The maximum atomic E-state index is 5.96. The number of likely N-dealkylation sites (tertiary alicyclic amines) is 1. The summed E-state index contributed by atoms with van der Waals surface area (Å²) in [7, 11) is 1.81. The van der Waals surface area contributed by atoms with Crippen LogP contribution in [0.25, 0.3) is 10.1 Å². The van der Waals surface area contributed by atoms with Crippen molar-refractivity contribution in [2.24, 2.45) is 5.73 Å². The molecule has 2 unspecified atom stereocenters. The molecule has 1 saturated heterocycles. The Balaban J connectivity index is 0.00000161. The Hall–Kier alpha value is -0.650. The van der Waals surface area contributed by atoms with E-state index in [0.29, 0.717) is 18.7 Å². The summed E-state index contributed by atoms with van der Waals surface area (Å²) in [4.78, 5) is 2.52. The quantitative estimate of drug-likeness (QED) is 0.937. The van der Waals surface area contributed by atoms with Gasteiger partial charge in [0, 0.05) is 37.5 Å². The van der Waals surface area contributed by atoms with Gasteiger partial charge in [-0.15, -0.1) is 23.7 Å². The molecule has 1 aliphatic rings. The predicted molar refractivity (Wildman–Crippen MR) is 92.4 cm³/mol. The molecule has 5 heteroatoms. The highest BCUT2D eigenvalue weighted by Gasteiger charge is 2.27. The molecule has 1 fully saturated rings. The van der Waals surface area contributed by atoms with Crippen LogP contribution in [0.15, 0.2) is 29.6 Å². The van der Waals surface area contributed by atoms with Gasteiger partial charge >= 0.3 is 0 Å². The van der Waals surface area contributed by atoms with Gasteiger partial charge in [0.15, 0.2) is 0 Å². The standard InChI is InChI=1S/C16H22N2OS.ClH/c1-19-14-6-7-18(13(8-14)9-17)10-12-11-20-16-5-3-2-4-15(12)16;/h2-5,11,13-14H,6-10,17H2,1H3;1H. The van der Waals surface area contributed by atoms with Gasteiger partial charge in [-0.1, -0.05) is 18.2 Å². The SMILES string of the molecule is COC1CCN(Cc2csc3ccccc23)C(CN)C1.Cl. The fraction of sp³-hybridized carbons (Fsp3) is 0.500. The molecule has 2 aromatic rings. The average Bonchev–Trinajstić information content (AvgIpc) is 2.91. The van der Waals surface area contributed by atoms with E-state index in [9.17, 15) is 0 Å². The second-order valence-electron chi connectivity index (χ2n) is 5.50. The molecule has 2 heterocycles. The molecule has 3 rings (SSSR count). The number of hydrogen-bond acceptors (Lipinski definition) is 4. The minimum absolute atomic E-state index is 0. The first-order valence-corrected chi connectivity index (χ1v) is 8.11. The smallest absolute Gasteiger partial charge is 0.0599 e. The van der Waals surface area contributed by atoms with Crippen LogP contribution in [0.4, 0.5) is 0 Å². The summed E-state index contributed by atoms with van der Waals surface area (Å²) >= 11 is 1.83. The second kappa shape index (κ2) is 7.56. The molecule has 0 bridgehead atoms. The molecule has 116 valence electrons. The Morgan fingerprint density at radius 1 is 1.38 bits per heavy atom. The monoisotopic (exact) mass is 326 g/mol. The van der Waals surface area contributed by atoms with Crippen LogP contribution in [-0.2, 0) is 11.3 Å². The molecule has 0 amide bonds. The molecule has 0 aliphatic carbocycles. The Kier molecular flexibility index (Phi) is 6.02. The summed E-state index contributed by atoms with van der Waals surface area (Å²) < 4.78 is 6.87. The molecule has 1 aliphatic heterocycles. The van der Waals surface area contributed by atoms with Gasteiger partial charge in [-0.2, -0.15) is 0 Å². The Labute approximate surface area is 136 Å². The summed E-state index contributed by atoms with van der Waals surface area (Å²) in [5.41, 5.74) is 7.39. The number of methoxy groups -OCH3 is 1. The first kappa shape index (κ1) is 16.7. The van der Waals surface area contributed by atoms with E-state index in [-0.39, 0.29) is 12.4 Å². The van der Waals surface area contributed by atoms with Gasteiger partial charge < -0.3 is 10.5 Å². The van der Waals surface area contributed by atoms with Crippen LogP contribution in [0.1, 0.15) is 18.4 Å². The zero-order valence-electron chi connectivity index (χ0n) is 12.3. The third kappa shape index (κ3) is 3.58. The molecule has 2 atom stereocenters. The van der Waals surface area contributed by atoms with E-state index in [2.05, 4.69) is 34.5 Å². The van der Waals surface area contributed by atoms with Gasteiger partial charge in [0.05, 0.1) is 6.10 Å². The number of nitrogens with zero attached hydrogens (tertiary/aromatic N) is 1. The third-order valence-corrected chi connectivity index (χ3v) is 5.34. The van der Waals surface area contributed by atoms with Crippen LogP contribution < -0.4 is 5.73 Å². The molecule has 21 heavy (non-hydrogen) atoms. The topological polar surface area (TPSA) is 38.5 Å². The lowest BCUT2D eigenvalue weighted by atomic mass is 9.98. The number of hydrogen-bond donors (Lipinski definition) is 1. The Bertz CT molecular complexity index is 574. The van der Waals surface area contributed by atoms with Crippen molar-refractivity contribution in [3.05, 3.63) is 35.2 Å². The highest BCUT2D eigenvalue weighted by molar-refractivity contribution is 7.17. The largest absolute Gasteiger partial charge is 0.381 e. The van der Waals surface area contributed by atoms with E-state index in [0.717, 1.165) is 25.9 Å². The molecule has 2 N–H and O–H groups in total. The molecule has 1 aromatic carbocycles. The normalized spacial score (nSPS) is 23.1. The van der Waals surface area contributed by atoms with Gasteiger partial charge in [-0.25, -0.2) is 0 Å². The van der Waals surface area contributed by atoms with E-state index in [1.807, 2.05) is 11.3 Å². The van der Waals surface area contributed by atoms with Gasteiger partial charge in [-0.3, -0.25) is 4.90 Å². The fourth-order valence-electron chi connectivity index (χ4n) is 3.10. The van der Waals surface area contributed by atoms with Crippen LogP contribution >= 0.6 is 23.7 Å². The van der Waals surface area contributed by atoms with Crippen LogP contribution in [0.5, 0.6) is 0 Å². The van der Waals surface area contributed by atoms with Crippen molar-refractivity contribution in [1.82, 2.24) is 4.90 Å². The number of thiophene rings is 1. The van der Waals surface area contributed by atoms with Crippen LogP contribution in [0.3, 0.4) is 0 Å². The lowest BCUT2D eigenvalue weighted by Crippen LogP contribution is -2.47. The summed E-state index contributed by atoms with van der Waals surface area (Å²) in [5, 5.41) is 3.68. The zero-order valence-corrected chi connectivity index (χ0v) is 14.0. The van der Waals surface area contributed by atoms with Crippen molar-refractivity contribution < 1.29 is 4.74 Å². The van der Waals surface area contributed by atoms with Crippen LogP contribution in [0, 0.1) is 0 Å². The van der Waals surface area contributed by atoms with Crippen LogP contribution in [0.2, 0.25) is 0 Å². The highest BCUT2D eigenvalue weighted by Crippen LogP contribution is 2.29. The van der Waals surface area contributed by atoms with Gasteiger partial charge in [-0.05, 0) is 35.2 Å². The number of benzene rings is 1. The number of nitrogens with two attached hydrogens (primary N) is 1. The maximum absolute atomic E-state index is 5.96. The summed E-state index contributed by atoms with van der Waals surface area (Å²) in [5.74, 6) is 0. The predicted octanol–water partition coefficient (Wildman–Crippen LogP) is 3.26. The first-order valence-electron chi connectivity index (χ1n) is 7.24. The Morgan fingerprint density at radius 2 is 2.19 bits per heavy atom. The van der Waals surface area contributed by atoms with Gasteiger partial charge in [0.1, 0.15) is 0 Å². The number of rotatable bonds is 4. The highest BCUT2D eigenvalue weighted by atomic mass is 35.5. The molecule has 0 saturated carbocycles. The van der Waals surface area contributed by atoms with E-state index < -0.39 is 0 Å². The number of ether oxygens (including phenoxy) is 1. The van der Waals surface area contributed by atoms with Crippen molar-refractivity contribution in [2.75, 3.05) is 20.2 Å². The first-order chi connectivity index (χ1) is 9.81. The van der Waals surface area contributed by atoms with E-state index in [4.69, 9.17) is 10.5 Å². The minimum atomic E-state index is 0. The van der Waals surface area contributed by atoms with Crippen LogP contribution in [-0.4, -0.2) is 37.2 Å². The minimum Gasteiger partial charge on any atom is -0.381 e. The number of halogens is 1. The molecule has 3 nitrogen and oxygen atoms in total. The number of fused-ring (bicyclic) bond motifs is 1. The second-order valence-corrected chi connectivity index (χ2v) is 6.41. The van der Waals surface area contributed by atoms with Crippen molar-refractivity contribution >= 4 is 33.8 Å². The Morgan fingerprint density at radius 3 is 2.95 bits per heavy atom. The fourth-order valence-corrected chi connectivity index (χ4v) is 4.06. The van der Waals surface area contributed by atoms with Gasteiger partial charge in [0.25, 0.3) is 0 Å². The molecule has 1 aromatic heterocycles. The zero-order chi connectivity index (χ0) is 13.9. The maximum Gasteiger partial charge on any atom is 0.0599 e. The average molecular weight is 327 g/mol. The molecular formula is C16H23ClN2OS. The van der Waals surface area contributed by atoms with Crippen molar-refractivity contribution in [3.8, 4) is 0 Å². The summed E-state index contributed by atoms with van der Waals surface area (Å²) in [6, 6.07) is 9.08. The van der Waals surface area contributed by atoms with E-state index >= 15 is 0 Å². The lowest BCUT2D eigenvalue weighted by molar-refractivity contribution is 0.0104. The molecular weight excluding hydrogens is 304 g/mol. The lowest BCUT2D eigenvalue weighted by Gasteiger charge is -2.38. The molecule has 0 radical (unpaired) electrons. The number of piperidine rings is 1. The van der Waals surface area contributed by atoms with Crippen molar-refractivity contribution in [3.63, 3.8) is 0 Å². The van der Waals surface area contributed by atoms with Crippen molar-refractivity contribution in [2.45, 2.75) is 31.5 Å². The van der Waals surface area contributed by atoms with Gasteiger partial charge in [0.2, 0.25) is 0 Å². The van der Waals surface area contributed by atoms with Crippen molar-refractivity contribution in [1.29, 1.82) is 0 Å².